The molecule has 4 aromatic heterocycles. The Morgan fingerprint density at radius 2 is 1.67 bits per heavy atom. The molecule has 0 amide bonds. The number of hydrogen-bond acceptors (Lipinski definition) is 6. The summed E-state index contributed by atoms with van der Waals surface area (Å²) < 4.78 is 5.13. The van der Waals surface area contributed by atoms with E-state index in [-0.39, 0.29) is 17.7 Å². The molecule has 1 fully saturated rings. The van der Waals surface area contributed by atoms with Gasteiger partial charge in [0.1, 0.15) is 11.2 Å². The lowest BCUT2D eigenvalue weighted by atomic mass is 9.93. The fourth-order valence-electron chi connectivity index (χ4n) is 4.19. The first-order valence-electron chi connectivity index (χ1n) is 10.1. The van der Waals surface area contributed by atoms with E-state index >= 15 is 0 Å². The molecule has 1 aliphatic carbocycles. The number of rotatable bonds is 3. The van der Waals surface area contributed by atoms with Gasteiger partial charge in [-0.1, -0.05) is 0 Å². The van der Waals surface area contributed by atoms with E-state index in [0.29, 0.717) is 35.1 Å². The quantitative estimate of drug-likeness (QED) is 0.560. The summed E-state index contributed by atoms with van der Waals surface area (Å²) in [6.45, 7) is 0. The molecular weight excluding hydrogens is 382 g/mol. The van der Waals surface area contributed by atoms with Gasteiger partial charge in [-0.2, -0.15) is 10.2 Å². The highest BCUT2D eigenvalue weighted by molar-refractivity contribution is 5.93. The summed E-state index contributed by atoms with van der Waals surface area (Å²) in [4.78, 5) is 22.9. The molecule has 4 heterocycles. The van der Waals surface area contributed by atoms with Gasteiger partial charge in [-0.05, 0) is 31.7 Å². The van der Waals surface area contributed by atoms with Crippen molar-refractivity contribution in [2.24, 2.45) is 14.1 Å². The Bertz CT molecular complexity index is 1280. The van der Waals surface area contributed by atoms with Crippen LogP contribution in [-0.4, -0.2) is 45.3 Å². The minimum atomic E-state index is -0.274. The van der Waals surface area contributed by atoms with Gasteiger partial charge in [0.05, 0.1) is 35.9 Å². The van der Waals surface area contributed by atoms with E-state index in [1.54, 1.807) is 38.7 Å². The van der Waals surface area contributed by atoms with Crippen molar-refractivity contribution < 1.29 is 5.11 Å². The summed E-state index contributed by atoms with van der Waals surface area (Å²) in [5, 5.41) is 18.8. The summed E-state index contributed by atoms with van der Waals surface area (Å²) in [6.07, 6.45) is 11.5. The normalized spacial score (nSPS) is 19.4. The number of aryl methyl sites for hydroxylation is 2. The molecule has 0 bridgehead atoms. The molecule has 0 saturated heterocycles. The van der Waals surface area contributed by atoms with Crippen molar-refractivity contribution in [1.82, 2.24) is 34.1 Å². The van der Waals surface area contributed by atoms with E-state index in [0.717, 1.165) is 24.0 Å². The molecule has 0 aromatic carbocycles. The maximum atomic E-state index is 13.5. The van der Waals surface area contributed by atoms with Crippen molar-refractivity contribution in [2.75, 3.05) is 0 Å². The molecule has 0 aliphatic heterocycles. The van der Waals surface area contributed by atoms with E-state index in [1.165, 1.54) is 0 Å². The number of nitrogens with zero attached hydrogens (tertiary/aromatic N) is 7. The third kappa shape index (κ3) is 3.21. The van der Waals surface area contributed by atoms with Gasteiger partial charge in [-0.25, -0.2) is 9.97 Å². The van der Waals surface area contributed by atoms with Crippen molar-refractivity contribution in [1.29, 1.82) is 0 Å². The van der Waals surface area contributed by atoms with Crippen LogP contribution in [0.3, 0.4) is 0 Å². The number of fused-ring (bicyclic) bond motifs is 1. The summed E-state index contributed by atoms with van der Waals surface area (Å²) in [5.41, 5.74) is 3.42. The van der Waals surface area contributed by atoms with Crippen LogP contribution in [0.25, 0.3) is 33.4 Å². The SMILES string of the molecule is Cn1cc(-c2cc3c(=O)n([C@H]4CC[C@H](O)CC4)cnc3c(-c3cnn(C)c3)n2)cn1. The van der Waals surface area contributed by atoms with E-state index in [9.17, 15) is 9.90 Å². The number of pyridine rings is 1. The van der Waals surface area contributed by atoms with Crippen molar-refractivity contribution >= 4 is 10.9 Å². The fraction of sp³-hybridized carbons (Fsp3) is 0.381. The van der Waals surface area contributed by atoms with Crippen LogP contribution >= 0.6 is 0 Å². The molecule has 0 atom stereocenters. The molecule has 4 aromatic rings. The van der Waals surface area contributed by atoms with E-state index in [4.69, 9.17) is 4.98 Å². The van der Waals surface area contributed by atoms with Gasteiger partial charge in [0.2, 0.25) is 0 Å². The van der Waals surface area contributed by atoms with E-state index in [1.807, 2.05) is 26.5 Å². The van der Waals surface area contributed by atoms with Crippen LogP contribution in [0, 0.1) is 0 Å². The lowest BCUT2D eigenvalue weighted by Crippen LogP contribution is -2.29. The van der Waals surface area contributed by atoms with Gasteiger partial charge in [-0.3, -0.25) is 18.7 Å². The molecule has 1 aliphatic rings. The van der Waals surface area contributed by atoms with Gasteiger partial charge in [0, 0.05) is 43.7 Å². The average Bonchev–Trinajstić information content (AvgIpc) is 3.37. The molecule has 0 spiro atoms. The van der Waals surface area contributed by atoms with E-state index in [2.05, 4.69) is 15.2 Å². The zero-order valence-corrected chi connectivity index (χ0v) is 16.9. The highest BCUT2D eigenvalue weighted by Crippen LogP contribution is 2.30. The summed E-state index contributed by atoms with van der Waals surface area (Å²) >= 11 is 0. The highest BCUT2D eigenvalue weighted by Gasteiger charge is 2.23. The van der Waals surface area contributed by atoms with Gasteiger partial charge in [0.15, 0.2) is 0 Å². The molecule has 0 radical (unpaired) electrons. The van der Waals surface area contributed by atoms with Crippen LogP contribution in [0.2, 0.25) is 0 Å². The van der Waals surface area contributed by atoms with Crippen molar-refractivity contribution in [2.45, 2.75) is 37.8 Å². The average molecular weight is 405 g/mol. The molecule has 30 heavy (non-hydrogen) atoms. The third-order valence-electron chi connectivity index (χ3n) is 5.81. The van der Waals surface area contributed by atoms with Crippen LogP contribution in [0.15, 0.2) is 42.0 Å². The lowest BCUT2D eigenvalue weighted by molar-refractivity contribution is 0.110. The van der Waals surface area contributed by atoms with Crippen LogP contribution in [0.4, 0.5) is 0 Å². The number of hydrogen-bond donors (Lipinski definition) is 1. The van der Waals surface area contributed by atoms with Gasteiger partial charge < -0.3 is 5.11 Å². The molecule has 1 N–H and O–H groups in total. The van der Waals surface area contributed by atoms with Gasteiger partial charge in [-0.15, -0.1) is 0 Å². The molecule has 9 heteroatoms. The largest absolute Gasteiger partial charge is 0.393 e. The maximum absolute atomic E-state index is 13.5. The summed E-state index contributed by atoms with van der Waals surface area (Å²) in [7, 11) is 3.69. The highest BCUT2D eigenvalue weighted by atomic mass is 16.3. The predicted molar refractivity (Wildman–Crippen MR) is 112 cm³/mol. The molecule has 1 saturated carbocycles. The van der Waals surface area contributed by atoms with Gasteiger partial charge in [0.25, 0.3) is 5.56 Å². The topological polar surface area (TPSA) is 104 Å². The maximum Gasteiger partial charge on any atom is 0.261 e. The Kier molecular flexibility index (Phi) is 4.47. The monoisotopic (exact) mass is 405 g/mol. The van der Waals surface area contributed by atoms with Crippen molar-refractivity contribution in [3.05, 3.63) is 47.5 Å². The second kappa shape index (κ2) is 7.17. The van der Waals surface area contributed by atoms with Crippen molar-refractivity contribution in [3.8, 4) is 22.5 Å². The van der Waals surface area contributed by atoms with Crippen molar-refractivity contribution in [3.63, 3.8) is 0 Å². The summed E-state index contributed by atoms with van der Waals surface area (Å²) in [6, 6.07) is 1.85. The predicted octanol–water partition coefficient (Wildman–Crippen LogP) is 2.07. The first kappa shape index (κ1) is 18.7. The lowest BCUT2D eigenvalue weighted by Gasteiger charge is -2.27. The van der Waals surface area contributed by atoms with Crippen LogP contribution < -0.4 is 5.56 Å². The van der Waals surface area contributed by atoms with Crippen LogP contribution in [-0.2, 0) is 14.1 Å². The standard InChI is InChI=1S/C21H23N7O2/c1-26-10-13(8-23-26)18-7-17-20(19(25-18)14-9-24-27(2)11-14)22-12-28(21(17)30)15-3-5-16(29)6-4-15/h7-12,15-16,29H,3-6H2,1-2H3/t15-,16-. The zero-order chi connectivity index (χ0) is 20.8. The molecule has 5 rings (SSSR count). The molecule has 0 unspecified atom stereocenters. The Labute approximate surface area is 172 Å². The minimum absolute atomic E-state index is 0.0506. The number of aromatic nitrogens is 7. The Morgan fingerprint density at radius 1 is 1.00 bits per heavy atom. The third-order valence-corrected chi connectivity index (χ3v) is 5.81. The Hall–Kier alpha value is -3.33. The first-order valence-corrected chi connectivity index (χ1v) is 10.1. The van der Waals surface area contributed by atoms with Crippen LogP contribution in [0.1, 0.15) is 31.7 Å². The first-order chi connectivity index (χ1) is 14.5. The second-order valence-electron chi connectivity index (χ2n) is 7.98. The van der Waals surface area contributed by atoms with Gasteiger partial charge >= 0.3 is 0 Å². The second-order valence-corrected chi connectivity index (χ2v) is 7.98. The number of aliphatic hydroxyl groups excluding tert-OH is 1. The smallest absolute Gasteiger partial charge is 0.261 e. The molecule has 9 nitrogen and oxygen atoms in total. The zero-order valence-electron chi connectivity index (χ0n) is 16.9. The molecule has 154 valence electrons. The summed E-state index contributed by atoms with van der Waals surface area (Å²) in [5.74, 6) is 0. The Balaban J connectivity index is 1.72. The number of aliphatic hydroxyl groups is 1. The Morgan fingerprint density at radius 3 is 2.30 bits per heavy atom. The van der Waals surface area contributed by atoms with E-state index < -0.39 is 0 Å². The minimum Gasteiger partial charge on any atom is -0.393 e. The van der Waals surface area contributed by atoms with Crippen LogP contribution in [0.5, 0.6) is 0 Å². The fourth-order valence-corrected chi connectivity index (χ4v) is 4.19. The molecular formula is C21H23N7O2.